The van der Waals surface area contributed by atoms with E-state index < -0.39 is 4.92 Å². The Morgan fingerprint density at radius 2 is 2.22 bits per heavy atom. The van der Waals surface area contributed by atoms with Gasteiger partial charge in [-0.25, -0.2) is 0 Å². The standard InChI is InChI=1S/C11H11N3O4/c1-7-9(14(15)16)4-3-5-10(7)17-6-11-12-8(2)13-18-11/h3-5H,6H2,1-2H3. The summed E-state index contributed by atoms with van der Waals surface area (Å²) in [5, 5.41) is 14.4. The van der Waals surface area contributed by atoms with Crippen molar-refractivity contribution in [3.05, 3.63) is 45.6 Å². The monoisotopic (exact) mass is 249 g/mol. The Morgan fingerprint density at radius 1 is 1.44 bits per heavy atom. The molecule has 7 nitrogen and oxygen atoms in total. The molecule has 0 bridgehead atoms. The molecule has 2 aromatic rings. The second-order valence-corrected chi connectivity index (χ2v) is 3.68. The lowest BCUT2D eigenvalue weighted by molar-refractivity contribution is -0.385. The molecule has 0 fully saturated rings. The van der Waals surface area contributed by atoms with Crippen LogP contribution in [-0.2, 0) is 6.61 Å². The fourth-order valence-electron chi connectivity index (χ4n) is 1.50. The Kier molecular flexibility index (Phi) is 3.22. The van der Waals surface area contributed by atoms with Gasteiger partial charge >= 0.3 is 0 Å². The highest BCUT2D eigenvalue weighted by atomic mass is 16.6. The molecule has 0 spiro atoms. The first-order valence-corrected chi connectivity index (χ1v) is 5.24. The van der Waals surface area contributed by atoms with Gasteiger partial charge in [0, 0.05) is 6.07 Å². The summed E-state index contributed by atoms with van der Waals surface area (Å²) in [6.45, 7) is 3.42. The Balaban J connectivity index is 2.14. The van der Waals surface area contributed by atoms with Gasteiger partial charge in [0.2, 0.25) is 0 Å². The third kappa shape index (κ3) is 2.45. The van der Waals surface area contributed by atoms with Crippen LogP contribution in [0.4, 0.5) is 5.69 Å². The van der Waals surface area contributed by atoms with Crippen LogP contribution in [0.2, 0.25) is 0 Å². The number of ether oxygens (including phenoxy) is 1. The Hall–Kier alpha value is -2.44. The van der Waals surface area contributed by atoms with Gasteiger partial charge in [-0.2, -0.15) is 4.98 Å². The normalized spacial score (nSPS) is 10.3. The maximum Gasteiger partial charge on any atom is 0.276 e. The van der Waals surface area contributed by atoms with Crippen molar-refractivity contribution in [3.8, 4) is 5.75 Å². The summed E-state index contributed by atoms with van der Waals surface area (Å²) in [5.41, 5.74) is 0.493. The summed E-state index contributed by atoms with van der Waals surface area (Å²) in [6, 6.07) is 4.66. The van der Waals surface area contributed by atoms with Crippen LogP contribution in [-0.4, -0.2) is 15.1 Å². The van der Waals surface area contributed by atoms with Gasteiger partial charge in [-0.05, 0) is 19.9 Å². The molecule has 1 aromatic heterocycles. The van der Waals surface area contributed by atoms with Gasteiger partial charge in [0.15, 0.2) is 12.4 Å². The number of rotatable bonds is 4. The van der Waals surface area contributed by atoms with Gasteiger partial charge in [0.1, 0.15) is 5.75 Å². The number of hydrogen-bond donors (Lipinski definition) is 0. The van der Waals surface area contributed by atoms with Crippen LogP contribution in [0.5, 0.6) is 5.75 Å². The molecule has 2 rings (SSSR count). The van der Waals surface area contributed by atoms with Crippen molar-refractivity contribution in [1.82, 2.24) is 10.1 Å². The van der Waals surface area contributed by atoms with Gasteiger partial charge < -0.3 is 9.26 Å². The fraction of sp³-hybridized carbons (Fsp3) is 0.273. The SMILES string of the molecule is Cc1noc(COc2cccc([N+](=O)[O-])c2C)n1. The zero-order valence-corrected chi connectivity index (χ0v) is 9.91. The molecule has 7 heteroatoms. The average molecular weight is 249 g/mol. The molecule has 0 radical (unpaired) electrons. The van der Waals surface area contributed by atoms with Gasteiger partial charge in [0.05, 0.1) is 10.5 Å². The minimum atomic E-state index is -0.445. The molecular weight excluding hydrogens is 238 g/mol. The third-order valence-corrected chi connectivity index (χ3v) is 2.37. The van der Waals surface area contributed by atoms with E-state index in [4.69, 9.17) is 9.26 Å². The predicted octanol–water partition coefficient (Wildman–Crippen LogP) is 2.17. The van der Waals surface area contributed by atoms with Crippen molar-refractivity contribution in [3.63, 3.8) is 0 Å². The number of nitro benzene ring substituents is 1. The first kappa shape index (κ1) is 12.0. The number of hydrogen-bond acceptors (Lipinski definition) is 6. The van der Waals surface area contributed by atoms with E-state index in [1.165, 1.54) is 6.07 Å². The highest BCUT2D eigenvalue weighted by molar-refractivity contribution is 5.48. The molecule has 1 heterocycles. The molecule has 0 aliphatic heterocycles. The highest BCUT2D eigenvalue weighted by Crippen LogP contribution is 2.27. The first-order valence-electron chi connectivity index (χ1n) is 5.24. The smallest absolute Gasteiger partial charge is 0.276 e. The average Bonchev–Trinajstić information content (AvgIpc) is 2.73. The molecule has 0 saturated carbocycles. The predicted molar refractivity (Wildman–Crippen MR) is 61.2 cm³/mol. The molecule has 0 N–H and O–H groups in total. The number of benzene rings is 1. The maximum absolute atomic E-state index is 10.8. The number of aromatic nitrogens is 2. The maximum atomic E-state index is 10.8. The lowest BCUT2D eigenvalue weighted by atomic mass is 10.2. The second kappa shape index (κ2) is 4.82. The number of nitro groups is 1. The van der Waals surface area contributed by atoms with Gasteiger partial charge in [-0.15, -0.1) is 0 Å². The van der Waals surface area contributed by atoms with Crippen molar-refractivity contribution in [2.75, 3.05) is 0 Å². The van der Waals surface area contributed by atoms with Crippen molar-refractivity contribution in [2.45, 2.75) is 20.5 Å². The molecule has 1 aromatic carbocycles. The molecule has 0 unspecified atom stereocenters. The van der Waals surface area contributed by atoms with E-state index in [-0.39, 0.29) is 12.3 Å². The fourth-order valence-corrected chi connectivity index (χ4v) is 1.50. The zero-order valence-electron chi connectivity index (χ0n) is 9.91. The van der Waals surface area contributed by atoms with Crippen LogP contribution >= 0.6 is 0 Å². The quantitative estimate of drug-likeness (QED) is 0.609. The van der Waals surface area contributed by atoms with Crippen molar-refractivity contribution in [2.24, 2.45) is 0 Å². The van der Waals surface area contributed by atoms with Crippen molar-refractivity contribution < 1.29 is 14.2 Å². The number of nitrogens with zero attached hydrogens (tertiary/aromatic N) is 3. The minimum Gasteiger partial charge on any atom is -0.483 e. The molecule has 0 amide bonds. The molecule has 94 valence electrons. The van der Waals surface area contributed by atoms with E-state index >= 15 is 0 Å². The van der Waals surface area contributed by atoms with Gasteiger partial charge in [0.25, 0.3) is 11.6 Å². The van der Waals surface area contributed by atoms with Crippen molar-refractivity contribution in [1.29, 1.82) is 0 Å². The van der Waals surface area contributed by atoms with Crippen LogP contribution in [0.15, 0.2) is 22.7 Å². The second-order valence-electron chi connectivity index (χ2n) is 3.68. The lowest BCUT2D eigenvalue weighted by Gasteiger charge is -2.06. The molecule has 0 atom stereocenters. The van der Waals surface area contributed by atoms with Crippen LogP contribution < -0.4 is 4.74 Å². The Bertz CT molecular complexity index is 579. The summed E-state index contributed by atoms with van der Waals surface area (Å²) >= 11 is 0. The van der Waals surface area contributed by atoms with Crippen LogP contribution in [0.3, 0.4) is 0 Å². The van der Waals surface area contributed by atoms with E-state index in [9.17, 15) is 10.1 Å². The summed E-state index contributed by atoms with van der Waals surface area (Å²) in [7, 11) is 0. The van der Waals surface area contributed by atoms with E-state index in [0.717, 1.165) is 0 Å². The zero-order chi connectivity index (χ0) is 13.1. The highest BCUT2D eigenvalue weighted by Gasteiger charge is 2.14. The van der Waals surface area contributed by atoms with Crippen LogP contribution in [0.1, 0.15) is 17.3 Å². The van der Waals surface area contributed by atoms with Crippen molar-refractivity contribution >= 4 is 5.69 Å². The molecular formula is C11H11N3O4. The molecule has 18 heavy (non-hydrogen) atoms. The first-order chi connectivity index (χ1) is 8.58. The topological polar surface area (TPSA) is 91.3 Å². The van der Waals surface area contributed by atoms with Gasteiger partial charge in [-0.1, -0.05) is 11.2 Å². The van der Waals surface area contributed by atoms with Crippen LogP contribution in [0, 0.1) is 24.0 Å². The third-order valence-electron chi connectivity index (χ3n) is 2.37. The minimum absolute atomic E-state index is 0.0224. The van der Waals surface area contributed by atoms with E-state index in [1.54, 1.807) is 26.0 Å². The Morgan fingerprint density at radius 3 is 2.83 bits per heavy atom. The van der Waals surface area contributed by atoms with Crippen LogP contribution in [0.25, 0.3) is 0 Å². The number of aryl methyl sites for hydroxylation is 1. The summed E-state index contributed by atoms with van der Waals surface area (Å²) in [6.07, 6.45) is 0. The lowest BCUT2D eigenvalue weighted by Crippen LogP contribution is -1.99. The molecule has 0 saturated heterocycles. The Labute approximate surface area is 103 Å². The molecule has 0 aliphatic rings. The molecule has 0 aliphatic carbocycles. The summed E-state index contributed by atoms with van der Waals surface area (Å²) < 4.78 is 10.3. The summed E-state index contributed by atoms with van der Waals surface area (Å²) in [5.74, 6) is 1.28. The summed E-state index contributed by atoms with van der Waals surface area (Å²) in [4.78, 5) is 14.3. The van der Waals surface area contributed by atoms with E-state index in [0.29, 0.717) is 23.0 Å². The largest absolute Gasteiger partial charge is 0.483 e. The van der Waals surface area contributed by atoms with E-state index in [1.807, 2.05) is 0 Å². The van der Waals surface area contributed by atoms with Gasteiger partial charge in [-0.3, -0.25) is 10.1 Å². The van der Waals surface area contributed by atoms with E-state index in [2.05, 4.69) is 10.1 Å².